The summed E-state index contributed by atoms with van der Waals surface area (Å²) in [5.74, 6) is 1.28. The summed E-state index contributed by atoms with van der Waals surface area (Å²) < 4.78 is 16.6. The van der Waals surface area contributed by atoms with Gasteiger partial charge in [-0.3, -0.25) is 14.6 Å². The number of carbonyl (C=O) groups is 2. The maximum Gasteiger partial charge on any atom is 0.258 e. The van der Waals surface area contributed by atoms with Gasteiger partial charge in [0.25, 0.3) is 5.91 Å². The summed E-state index contributed by atoms with van der Waals surface area (Å²) in [6, 6.07) is 17.7. The molecule has 0 bridgehead atoms. The highest BCUT2D eigenvalue weighted by atomic mass is 16.5. The number of nitrogens with one attached hydrogen (secondary N) is 1. The average molecular weight is 490 g/mol. The molecule has 1 atom stereocenters. The van der Waals surface area contributed by atoms with E-state index in [0.717, 1.165) is 24.1 Å². The fourth-order valence-corrected chi connectivity index (χ4v) is 4.20. The van der Waals surface area contributed by atoms with Gasteiger partial charge in [-0.05, 0) is 61.2 Å². The number of aromatic nitrogens is 1. The largest absolute Gasteiger partial charge is 0.497 e. The lowest BCUT2D eigenvalue weighted by atomic mass is 10.0. The Kier molecular flexibility index (Phi) is 8.39. The number of ether oxygens (including phenoxy) is 3. The lowest BCUT2D eigenvalue weighted by Gasteiger charge is -2.30. The van der Waals surface area contributed by atoms with Crippen LogP contribution in [0.15, 0.2) is 66.9 Å². The normalized spacial score (nSPS) is 15.4. The summed E-state index contributed by atoms with van der Waals surface area (Å²) in [5.41, 5.74) is 2.11. The second-order valence-electron chi connectivity index (χ2n) is 8.56. The quantitative estimate of drug-likeness (QED) is 0.489. The number of pyridine rings is 1. The summed E-state index contributed by atoms with van der Waals surface area (Å²) in [4.78, 5) is 32.6. The fourth-order valence-electron chi connectivity index (χ4n) is 4.20. The lowest BCUT2D eigenvalue weighted by molar-refractivity contribution is -0.125. The number of benzene rings is 2. The van der Waals surface area contributed by atoms with Crippen LogP contribution in [0.25, 0.3) is 0 Å². The zero-order valence-electron chi connectivity index (χ0n) is 20.6. The molecule has 3 aromatic rings. The Morgan fingerprint density at radius 1 is 1.03 bits per heavy atom. The van der Waals surface area contributed by atoms with Crippen molar-refractivity contribution < 1.29 is 23.8 Å². The molecule has 8 heteroatoms. The molecule has 188 valence electrons. The highest BCUT2D eigenvalue weighted by molar-refractivity contribution is 6.00. The van der Waals surface area contributed by atoms with Crippen LogP contribution in [0.5, 0.6) is 17.2 Å². The first kappa shape index (κ1) is 25.0. The SMILES string of the molecule is COc1ccc(C(=O)N(Cc2ccc(OCc3ccccn3)cc2)[C@H]2CCCCNC2=O)c(OC)c1. The molecule has 0 saturated carbocycles. The lowest BCUT2D eigenvalue weighted by Crippen LogP contribution is -2.48. The van der Waals surface area contributed by atoms with Crippen LogP contribution in [0.2, 0.25) is 0 Å². The molecule has 0 aliphatic carbocycles. The van der Waals surface area contributed by atoms with Gasteiger partial charge in [-0.2, -0.15) is 0 Å². The number of hydrogen-bond donors (Lipinski definition) is 1. The van der Waals surface area contributed by atoms with Crippen molar-refractivity contribution in [2.75, 3.05) is 20.8 Å². The molecule has 1 aromatic heterocycles. The van der Waals surface area contributed by atoms with Crippen LogP contribution >= 0.6 is 0 Å². The molecular formula is C28H31N3O5. The summed E-state index contributed by atoms with van der Waals surface area (Å²) in [6.45, 7) is 1.25. The second-order valence-corrected chi connectivity index (χ2v) is 8.56. The molecule has 0 unspecified atom stereocenters. The highest BCUT2D eigenvalue weighted by Crippen LogP contribution is 2.28. The van der Waals surface area contributed by atoms with Gasteiger partial charge in [0.15, 0.2) is 0 Å². The Hall–Kier alpha value is -4.07. The summed E-state index contributed by atoms with van der Waals surface area (Å²) >= 11 is 0. The van der Waals surface area contributed by atoms with E-state index in [2.05, 4.69) is 10.3 Å². The third-order valence-corrected chi connectivity index (χ3v) is 6.17. The summed E-state index contributed by atoms with van der Waals surface area (Å²) in [7, 11) is 3.07. The van der Waals surface area contributed by atoms with E-state index in [4.69, 9.17) is 14.2 Å². The molecule has 1 aliphatic heterocycles. The van der Waals surface area contributed by atoms with Crippen molar-refractivity contribution in [3.63, 3.8) is 0 Å². The molecule has 4 rings (SSSR count). The van der Waals surface area contributed by atoms with E-state index < -0.39 is 6.04 Å². The monoisotopic (exact) mass is 489 g/mol. The van der Waals surface area contributed by atoms with Crippen LogP contribution in [0, 0.1) is 0 Å². The van der Waals surface area contributed by atoms with Gasteiger partial charge in [0.1, 0.15) is 29.9 Å². The van der Waals surface area contributed by atoms with Gasteiger partial charge in [-0.1, -0.05) is 18.2 Å². The predicted octanol–water partition coefficient (Wildman–Crippen LogP) is 3.99. The molecule has 0 radical (unpaired) electrons. The third-order valence-electron chi connectivity index (χ3n) is 6.17. The van der Waals surface area contributed by atoms with Crippen LogP contribution in [-0.2, 0) is 17.9 Å². The molecule has 36 heavy (non-hydrogen) atoms. The Morgan fingerprint density at radius 2 is 1.83 bits per heavy atom. The van der Waals surface area contributed by atoms with E-state index in [-0.39, 0.29) is 18.4 Å². The first-order valence-corrected chi connectivity index (χ1v) is 12.0. The number of hydrogen-bond acceptors (Lipinski definition) is 6. The van der Waals surface area contributed by atoms with Gasteiger partial charge in [-0.15, -0.1) is 0 Å². The number of carbonyl (C=O) groups excluding carboxylic acids is 2. The van der Waals surface area contributed by atoms with E-state index >= 15 is 0 Å². The molecule has 8 nitrogen and oxygen atoms in total. The van der Waals surface area contributed by atoms with E-state index in [1.807, 2.05) is 42.5 Å². The van der Waals surface area contributed by atoms with Crippen LogP contribution in [0.4, 0.5) is 0 Å². The highest BCUT2D eigenvalue weighted by Gasteiger charge is 2.32. The predicted molar refractivity (Wildman–Crippen MR) is 135 cm³/mol. The zero-order valence-corrected chi connectivity index (χ0v) is 20.6. The van der Waals surface area contributed by atoms with Crippen LogP contribution in [0.1, 0.15) is 40.9 Å². The number of nitrogens with zero attached hydrogens (tertiary/aromatic N) is 2. The van der Waals surface area contributed by atoms with Gasteiger partial charge in [-0.25, -0.2) is 0 Å². The van der Waals surface area contributed by atoms with E-state index in [1.165, 1.54) is 7.11 Å². The minimum atomic E-state index is -0.577. The Labute approximate surface area is 211 Å². The Morgan fingerprint density at radius 3 is 2.56 bits per heavy atom. The smallest absolute Gasteiger partial charge is 0.258 e. The number of amides is 2. The van der Waals surface area contributed by atoms with Crippen molar-refractivity contribution in [3.8, 4) is 17.2 Å². The van der Waals surface area contributed by atoms with Crippen LogP contribution in [-0.4, -0.2) is 48.5 Å². The third kappa shape index (κ3) is 6.13. The molecule has 1 saturated heterocycles. The molecule has 2 amide bonds. The van der Waals surface area contributed by atoms with Gasteiger partial charge in [0.05, 0.1) is 25.5 Å². The van der Waals surface area contributed by atoms with E-state index in [0.29, 0.717) is 42.4 Å². The standard InChI is InChI=1S/C28H31N3O5/c1-34-23-13-14-24(26(17-23)35-2)28(33)31(25-8-4-6-16-30-27(25)32)18-20-9-11-22(12-10-20)36-19-21-7-3-5-15-29-21/h3,5,7,9-15,17,25H,4,6,8,16,18-19H2,1-2H3,(H,30,32)/t25-/m0/s1. The van der Waals surface area contributed by atoms with E-state index in [9.17, 15) is 9.59 Å². The van der Waals surface area contributed by atoms with Crippen molar-refractivity contribution >= 4 is 11.8 Å². The van der Waals surface area contributed by atoms with E-state index in [1.54, 1.807) is 36.4 Å². The maximum atomic E-state index is 13.8. The summed E-state index contributed by atoms with van der Waals surface area (Å²) in [6.07, 6.45) is 4.07. The van der Waals surface area contributed by atoms with Gasteiger partial charge in [0, 0.05) is 25.4 Å². The number of methoxy groups -OCH3 is 2. The molecule has 1 fully saturated rings. The van der Waals surface area contributed by atoms with Crippen LogP contribution < -0.4 is 19.5 Å². The van der Waals surface area contributed by atoms with Gasteiger partial charge < -0.3 is 24.4 Å². The van der Waals surface area contributed by atoms with Crippen molar-refractivity contribution in [2.45, 2.75) is 38.5 Å². The zero-order chi connectivity index (χ0) is 25.3. The van der Waals surface area contributed by atoms with Crippen molar-refractivity contribution in [1.82, 2.24) is 15.2 Å². The topological polar surface area (TPSA) is 90.0 Å². The molecular weight excluding hydrogens is 458 g/mol. The molecule has 1 N–H and O–H groups in total. The maximum absolute atomic E-state index is 13.8. The van der Waals surface area contributed by atoms with Crippen molar-refractivity contribution in [1.29, 1.82) is 0 Å². The summed E-state index contributed by atoms with van der Waals surface area (Å²) in [5, 5.41) is 2.95. The second kappa shape index (κ2) is 12.1. The molecule has 2 aromatic carbocycles. The van der Waals surface area contributed by atoms with Gasteiger partial charge >= 0.3 is 0 Å². The van der Waals surface area contributed by atoms with Gasteiger partial charge in [0.2, 0.25) is 5.91 Å². The molecule has 0 spiro atoms. The first-order valence-electron chi connectivity index (χ1n) is 12.0. The number of rotatable bonds is 9. The first-order chi connectivity index (χ1) is 17.6. The fraction of sp³-hybridized carbons (Fsp3) is 0.321. The molecule has 2 heterocycles. The van der Waals surface area contributed by atoms with Crippen LogP contribution in [0.3, 0.4) is 0 Å². The molecule has 1 aliphatic rings. The Balaban J connectivity index is 1.56. The van der Waals surface area contributed by atoms with Crippen molar-refractivity contribution in [3.05, 3.63) is 83.7 Å². The minimum Gasteiger partial charge on any atom is -0.497 e. The average Bonchev–Trinajstić information content (AvgIpc) is 3.15. The van der Waals surface area contributed by atoms with Crippen molar-refractivity contribution in [2.24, 2.45) is 0 Å². The minimum absolute atomic E-state index is 0.136. The Bertz CT molecular complexity index is 1170.